The van der Waals surface area contributed by atoms with Crippen molar-refractivity contribution in [3.05, 3.63) is 30.5 Å². The van der Waals surface area contributed by atoms with Crippen LogP contribution in [0.3, 0.4) is 0 Å². The van der Waals surface area contributed by atoms with E-state index < -0.39 is 0 Å². The Hall–Kier alpha value is -1.48. The van der Waals surface area contributed by atoms with Gasteiger partial charge in [-0.2, -0.15) is 0 Å². The van der Waals surface area contributed by atoms with Gasteiger partial charge >= 0.3 is 0 Å². The molecule has 3 nitrogen and oxygen atoms in total. The van der Waals surface area contributed by atoms with E-state index in [1.165, 1.54) is 0 Å². The molecule has 0 saturated heterocycles. The molecule has 108 valence electrons. The SMILES string of the molecule is CCC(CC)(CCl)Nc1nccc2cc(OC)ccc12. The number of pyridine rings is 1. The Morgan fingerprint density at radius 3 is 2.60 bits per heavy atom. The number of hydrogen-bond acceptors (Lipinski definition) is 3. The van der Waals surface area contributed by atoms with Gasteiger partial charge in [-0.15, -0.1) is 11.6 Å². The number of anilines is 1. The Bertz CT molecular complexity index is 573. The van der Waals surface area contributed by atoms with Crippen molar-refractivity contribution in [2.24, 2.45) is 0 Å². The number of nitrogens with one attached hydrogen (secondary N) is 1. The first kappa shape index (κ1) is 14.9. The van der Waals surface area contributed by atoms with Gasteiger partial charge in [-0.1, -0.05) is 13.8 Å². The summed E-state index contributed by atoms with van der Waals surface area (Å²) in [6.45, 7) is 4.29. The van der Waals surface area contributed by atoms with E-state index in [2.05, 4.69) is 24.1 Å². The Morgan fingerprint density at radius 2 is 2.00 bits per heavy atom. The maximum atomic E-state index is 6.16. The lowest BCUT2D eigenvalue weighted by atomic mass is 9.95. The lowest BCUT2D eigenvalue weighted by Crippen LogP contribution is -2.39. The quantitative estimate of drug-likeness (QED) is 0.799. The van der Waals surface area contributed by atoms with Gasteiger partial charge in [0.25, 0.3) is 0 Å². The van der Waals surface area contributed by atoms with E-state index in [0.717, 1.165) is 35.2 Å². The van der Waals surface area contributed by atoms with Gasteiger partial charge in [0.1, 0.15) is 11.6 Å². The molecule has 0 atom stereocenters. The van der Waals surface area contributed by atoms with Gasteiger partial charge < -0.3 is 10.1 Å². The number of alkyl halides is 1. The zero-order valence-corrected chi connectivity index (χ0v) is 13.0. The summed E-state index contributed by atoms with van der Waals surface area (Å²) in [6.07, 6.45) is 3.73. The monoisotopic (exact) mass is 292 g/mol. The van der Waals surface area contributed by atoms with E-state index in [0.29, 0.717) is 5.88 Å². The molecule has 1 heterocycles. The van der Waals surface area contributed by atoms with Gasteiger partial charge in [-0.3, -0.25) is 0 Å². The number of rotatable bonds is 6. The molecule has 0 aliphatic heterocycles. The van der Waals surface area contributed by atoms with Crippen molar-refractivity contribution in [1.29, 1.82) is 0 Å². The van der Waals surface area contributed by atoms with Crippen LogP contribution in [0.25, 0.3) is 10.8 Å². The summed E-state index contributed by atoms with van der Waals surface area (Å²) in [6, 6.07) is 8.00. The molecule has 20 heavy (non-hydrogen) atoms. The lowest BCUT2D eigenvalue weighted by Gasteiger charge is -2.31. The lowest BCUT2D eigenvalue weighted by molar-refractivity contribution is 0.415. The maximum Gasteiger partial charge on any atom is 0.134 e. The zero-order chi connectivity index (χ0) is 14.6. The molecule has 0 aliphatic rings. The fraction of sp³-hybridized carbons (Fsp3) is 0.438. The Labute approximate surface area is 125 Å². The van der Waals surface area contributed by atoms with Gasteiger partial charge in [0, 0.05) is 17.5 Å². The number of hydrogen-bond donors (Lipinski definition) is 1. The fourth-order valence-corrected chi connectivity index (χ4v) is 2.73. The molecular weight excluding hydrogens is 272 g/mol. The smallest absolute Gasteiger partial charge is 0.134 e. The molecule has 0 aliphatic carbocycles. The van der Waals surface area contributed by atoms with Crippen LogP contribution < -0.4 is 10.1 Å². The highest BCUT2D eigenvalue weighted by atomic mass is 35.5. The second-order valence-corrected chi connectivity index (χ2v) is 5.26. The number of ether oxygens (including phenoxy) is 1. The maximum absolute atomic E-state index is 6.16. The number of fused-ring (bicyclic) bond motifs is 1. The zero-order valence-electron chi connectivity index (χ0n) is 12.2. The van der Waals surface area contributed by atoms with Crippen LogP contribution in [0.1, 0.15) is 26.7 Å². The van der Waals surface area contributed by atoms with E-state index >= 15 is 0 Å². The van der Waals surface area contributed by atoms with Crippen LogP contribution in [-0.4, -0.2) is 23.5 Å². The number of benzene rings is 1. The molecule has 0 radical (unpaired) electrons. The van der Waals surface area contributed by atoms with Crippen molar-refractivity contribution in [1.82, 2.24) is 4.98 Å². The average molecular weight is 293 g/mol. The molecule has 1 N–H and O–H groups in total. The van der Waals surface area contributed by atoms with E-state index in [-0.39, 0.29) is 5.54 Å². The van der Waals surface area contributed by atoms with Crippen LogP contribution >= 0.6 is 11.6 Å². The normalized spacial score (nSPS) is 11.6. The molecule has 0 saturated carbocycles. The second kappa shape index (κ2) is 6.31. The molecule has 0 unspecified atom stereocenters. The molecule has 0 spiro atoms. The first-order chi connectivity index (χ1) is 9.68. The highest BCUT2D eigenvalue weighted by Crippen LogP contribution is 2.29. The predicted octanol–water partition coefficient (Wildman–Crippen LogP) is 4.45. The van der Waals surface area contributed by atoms with E-state index in [1.54, 1.807) is 7.11 Å². The van der Waals surface area contributed by atoms with Gasteiger partial charge in [0.15, 0.2) is 0 Å². The third-order valence-electron chi connectivity index (χ3n) is 3.96. The van der Waals surface area contributed by atoms with Gasteiger partial charge in [0.2, 0.25) is 0 Å². The standard InChI is InChI=1S/C16H21ClN2O/c1-4-16(5-2,11-17)19-15-14-7-6-13(20-3)10-12(14)8-9-18-15/h6-10H,4-5,11H2,1-3H3,(H,18,19). The van der Waals surface area contributed by atoms with E-state index in [9.17, 15) is 0 Å². The number of aromatic nitrogens is 1. The molecule has 2 rings (SSSR count). The minimum absolute atomic E-state index is 0.108. The van der Waals surface area contributed by atoms with Crippen LogP contribution in [-0.2, 0) is 0 Å². The number of nitrogens with zero attached hydrogens (tertiary/aromatic N) is 1. The molecule has 1 aromatic carbocycles. The van der Waals surface area contributed by atoms with E-state index in [4.69, 9.17) is 16.3 Å². The second-order valence-electron chi connectivity index (χ2n) is 4.99. The molecule has 0 bridgehead atoms. The van der Waals surface area contributed by atoms with Gasteiger partial charge in [0.05, 0.1) is 12.6 Å². The largest absolute Gasteiger partial charge is 0.497 e. The summed E-state index contributed by atoms with van der Waals surface area (Å²) in [5.74, 6) is 2.30. The van der Waals surface area contributed by atoms with Crippen molar-refractivity contribution in [2.75, 3.05) is 18.3 Å². The summed E-state index contributed by atoms with van der Waals surface area (Å²) in [4.78, 5) is 4.48. The molecule has 4 heteroatoms. The van der Waals surface area contributed by atoms with Crippen LogP contribution in [0.15, 0.2) is 30.5 Å². The third kappa shape index (κ3) is 2.83. The van der Waals surface area contributed by atoms with Crippen molar-refractivity contribution in [2.45, 2.75) is 32.2 Å². The first-order valence-electron chi connectivity index (χ1n) is 6.95. The number of halogens is 1. The summed E-state index contributed by atoms with van der Waals surface area (Å²) < 4.78 is 5.26. The van der Waals surface area contributed by atoms with Crippen LogP contribution in [0, 0.1) is 0 Å². The Balaban J connectivity index is 2.44. The summed E-state index contributed by atoms with van der Waals surface area (Å²) in [5.41, 5.74) is -0.108. The van der Waals surface area contributed by atoms with Crippen LogP contribution in [0.4, 0.5) is 5.82 Å². The van der Waals surface area contributed by atoms with Crippen molar-refractivity contribution in [3.8, 4) is 5.75 Å². The Morgan fingerprint density at radius 1 is 1.25 bits per heavy atom. The summed E-state index contributed by atoms with van der Waals surface area (Å²) in [5, 5.41) is 5.73. The highest BCUT2D eigenvalue weighted by molar-refractivity contribution is 6.18. The minimum Gasteiger partial charge on any atom is -0.497 e. The molecule has 1 aromatic heterocycles. The van der Waals surface area contributed by atoms with Gasteiger partial charge in [-0.05, 0) is 42.5 Å². The predicted molar refractivity (Wildman–Crippen MR) is 86.0 cm³/mol. The molecule has 2 aromatic rings. The van der Waals surface area contributed by atoms with Crippen molar-refractivity contribution >= 4 is 28.2 Å². The van der Waals surface area contributed by atoms with Crippen molar-refractivity contribution in [3.63, 3.8) is 0 Å². The topological polar surface area (TPSA) is 34.2 Å². The highest BCUT2D eigenvalue weighted by Gasteiger charge is 2.25. The summed E-state index contributed by atoms with van der Waals surface area (Å²) >= 11 is 6.16. The molecular formula is C16H21ClN2O. The van der Waals surface area contributed by atoms with Gasteiger partial charge in [-0.25, -0.2) is 4.98 Å². The average Bonchev–Trinajstić information content (AvgIpc) is 2.52. The third-order valence-corrected chi connectivity index (χ3v) is 4.48. The van der Waals surface area contributed by atoms with Crippen LogP contribution in [0.2, 0.25) is 0 Å². The minimum atomic E-state index is -0.108. The first-order valence-corrected chi connectivity index (χ1v) is 7.48. The summed E-state index contributed by atoms with van der Waals surface area (Å²) in [7, 11) is 1.67. The van der Waals surface area contributed by atoms with Crippen molar-refractivity contribution < 1.29 is 4.74 Å². The van der Waals surface area contributed by atoms with E-state index in [1.807, 2.05) is 30.5 Å². The Kier molecular flexibility index (Phi) is 4.71. The molecule has 0 fully saturated rings. The molecule has 0 amide bonds. The fourth-order valence-electron chi connectivity index (χ4n) is 2.28. The van der Waals surface area contributed by atoms with Crippen LogP contribution in [0.5, 0.6) is 5.75 Å². The number of methoxy groups -OCH3 is 1.